The minimum Gasteiger partial charge on any atom is -0.399 e. The molecular weight excluding hydrogens is 174 g/mol. The van der Waals surface area contributed by atoms with Gasteiger partial charge in [-0.15, -0.1) is 0 Å². The molecule has 0 aliphatic heterocycles. The van der Waals surface area contributed by atoms with Gasteiger partial charge in [0.05, 0.1) is 5.71 Å². The fraction of sp³-hybridized carbons (Fsp3) is 0.417. The summed E-state index contributed by atoms with van der Waals surface area (Å²) < 4.78 is 0. The van der Waals surface area contributed by atoms with Crippen LogP contribution in [0.3, 0.4) is 0 Å². The highest BCUT2D eigenvalue weighted by atomic mass is 16.6. The highest BCUT2D eigenvalue weighted by molar-refractivity contribution is 5.98. The Kier molecular flexibility index (Phi) is 6.46. The largest absolute Gasteiger partial charge is 0.399 e. The Labute approximate surface area is 86.6 Å². The van der Waals surface area contributed by atoms with E-state index in [9.17, 15) is 0 Å². The Bertz CT molecular complexity index is 275. The monoisotopic (exact) mass is 193 g/mol. The molecule has 1 aromatic rings. The van der Waals surface area contributed by atoms with Crippen molar-refractivity contribution in [3.63, 3.8) is 0 Å². The molecule has 0 aliphatic rings. The molecule has 1 rings (SSSR count). The number of oxime groups is 1. The van der Waals surface area contributed by atoms with Gasteiger partial charge in [0.2, 0.25) is 0 Å². The fourth-order valence-corrected chi connectivity index (χ4v) is 0.984. The van der Waals surface area contributed by atoms with E-state index in [1.165, 1.54) is 5.56 Å². The highest BCUT2D eigenvalue weighted by Crippen LogP contribution is 2.04. The van der Waals surface area contributed by atoms with Crippen LogP contribution in [0.1, 0.15) is 31.9 Å². The number of nitrogens with zero attached hydrogens (tertiary/aromatic N) is 1. The van der Waals surface area contributed by atoms with Crippen LogP contribution < -0.4 is 0 Å². The van der Waals surface area contributed by atoms with Gasteiger partial charge in [-0.05, 0) is 19.4 Å². The molecule has 2 heteroatoms. The lowest BCUT2D eigenvalue weighted by Gasteiger charge is -1.99. The summed E-state index contributed by atoms with van der Waals surface area (Å²) in [6.45, 7) is 7.99. The molecule has 0 bridgehead atoms. The van der Waals surface area contributed by atoms with Gasteiger partial charge in [-0.1, -0.05) is 48.8 Å². The molecule has 0 aromatic heterocycles. The van der Waals surface area contributed by atoms with Crippen molar-refractivity contribution in [3.8, 4) is 0 Å². The van der Waals surface area contributed by atoms with Crippen LogP contribution in [-0.4, -0.2) is 12.8 Å². The minimum atomic E-state index is 0.900. The van der Waals surface area contributed by atoms with Crippen molar-refractivity contribution in [1.29, 1.82) is 0 Å². The molecule has 0 aliphatic carbocycles. The summed E-state index contributed by atoms with van der Waals surface area (Å²) in [5.41, 5.74) is 3.25. The van der Waals surface area contributed by atoms with E-state index in [4.69, 9.17) is 0 Å². The Morgan fingerprint density at radius 3 is 2.07 bits per heavy atom. The zero-order chi connectivity index (χ0) is 11.0. The quantitative estimate of drug-likeness (QED) is 0.521. The van der Waals surface area contributed by atoms with Gasteiger partial charge in [-0.25, -0.2) is 0 Å². The lowest BCUT2D eigenvalue weighted by atomic mass is 10.1. The molecule has 0 saturated heterocycles. The average Bonchev–Trinajstić information content (AvgIpc) is 2.22. The first-order valence-electron chi connectivity index (χ1n) is 4.89. The minimum absolute atomic E-state index is 0.900. The van der Waals surface area contributed by atoms with Gasteiger partial charge in [0, 0.05) is 0 Å². The van der Waals surface area contributed by atoms with E-state index in [0.717, 1.165) is 11.3 Å². The van der Waals surface area contributed by atoms with Crippen molar-refractivity contribution in [2.75, 3.05) is 7.11 Å². The summed E-state index contributed by atoms with van der Waals surface area (Å²) >= 11 is 0. The summed E-state index contributed by atoms with van der Waals surface area (Å²) in [5, 5.41) is 3.84. The van der Waals surface area contributed by atoms with Crippen molar-refractivity contribution in [2.24, 2.45) is 5.16 Å². The molecule has 2 nitrogen and oxygen atoms in total. The third-order valence-corrected chi connectivity index (χ3v) is 1.70. The number of benzene rings is 1. The number of rotatable bonds is 2. The summed E-state index contributed by atoms with van der Waals surface area (Å²) in [6.07, 6.45) is 0. The summed E-state index contributed by atoms with van der Waals surface area (Å²) in [4.78, 5) is 4.68. The van der Waals surface area contributed by atoms with Gasteiger partial charge < -0.3 is 4.84 Å². The zero-order valence-electron chi connectivity index (χ0n) is 9.66. The van der Waals surface area contributed by atoms with Gasteiger partial charge in [-0.3, -0.25) is 0 Å². The smallest absolute Gasteiger partial charge is 0.106 e. The second kappa shape index (κ2) is 7.13. The maximum atomic E-state index is 4.68. The maximum Gasteiger partial charge on any atom is 0.106 e. The highest BCUT2D eigenvalue weighted by Gasteiger charge is 1.95. The lowest BCUT2D eigenvalue weighted by molar-refractivity contribution is 0.213. The SMILES string of the molecule is CC.CO/N=C(/C)c1ccc(C)cc1. The normalized spacial score (nSPS) is 10.2. The van der Waals surface area contributed by atoms with E-state index in [1.807, 2.05) is 32.9 Å². The maximum absolute atomic E-state index is 4.68. The predicted octanol–water partition coefficient (Wildman–Crippen LogP) is 3.39. The van der Waals surface area contributed by atoms with Crippen LogP contribution in [0.4, 0.5) is 0 Å². The fourth-order valence-electron chi connectivity index (χ4n) is 0.984. The van der Waals surface area contributed by atoms with E-state index in [-0.39, 0.29) is 0 Å². The van der Waals surface area contributed by atoms with Gasteiger partial charge in [-0.2, -0.15) is 0 Å². The predicted molar refractivity (Wildman–Crippen MR) is 61.7 cm³/mol. The van der Waals surface area contributed by atoms with E-state index in [0.29, 0.717) is 0 Å². The molecule has 0 fully saturated rings. The molecule has 0 heterocycles. The van der Waals surface area contributed by atoms with E-state index < -0.39 is 0 Å². The molecule has 0 saturated carbocycles. The van der Waals surface area contributed by atoms with Crippen molar-refractivity contribution in [1.82, 2.24) is 0 Å². The second-order valence-electron chi connectivity index (χ2n) is 2.73. The second-order valence-corrected chi connectivity index (χ2v) is 2.73. The van der Waals surface area contributed by atoms with E-state index in [1.54, 1.807) is 7.11 Å². The number of aryl methyl sites for hydroxylation is 1. The van der Waals surface area contributed by atoms with Crippen LogP contribution in [0.15, 0.2) is 29.4 Å². The molecule has 0 spiro atoms. The van der Waals surface area contributed by atoms with Crippen LogP contribution in [0, 0.1) is 6.92 Å². The van der Waals surface area contributed by atoms with Crippen molar-refractivity contribution in [3.05, 3.63) is 35.4 Å². The van der Waals surface area contributed by atoms with Crippen LogP contribution in [-0.2, 0) is 4.84 Å². The summed E-state index contributed by atoms with van der Waals surface area (Å²) in [7, 11) is 1.55. The van der Waals surface area contributed by atoms with Crippen molar-refractivity contribution in [2.45, 2.75) is 27.7 Å². The molecule has 0 atom stereocenters. The van der Waals surface area contributed by atoms with E-state index in [2.05, 4.69) is 29.0 Å². The van der Waals surface area contributed by atoms with Gasteiger partial charge in [0.15, 0.2) is 0 Å². The third kappa shape index (κ3) is 4.08. The summed E-state index contributed by atoms with van der Waals surface area (Å²) in [6, 6.07) is 8.19. The first kappa shape index (κ1) is 12.7. The van der Waals surface area contributed by atoms with E-state index >= 15 is 0 Å². The lowest BCUT2D eigenvalue weighted by Crippen LogP contribution is -1.94. The molecule has 0 unspecified atom stereocenters. The molecule has 0 amide bonds. The molecule has 0 radical (unpaired) electrons. The Balaban J connectivity index is 0.000000791. The molecule has 1 aromatic carbocycles. The number of hydrogen-bond donors (Lipinski definition) is 0. The third-order valence-electron chi connectivity index (χ3n) is 1.70. The zero-order valence-corrected chi connectivity index (χ0v) is 9.66. The van der Waals surface area contributed by atoms with Gasteiger partial charge in [0.25, 0.3) is 0 Å². The van der Waals surface area contributed by atoms with Crippen LogP contribution in [0.2, 0.25) is 0 Å². The summed E-state index contributed by atoms with van der Waals surface area (Å²) in [5.74, 6) is 0. The average molecular weight is 193 g/mol. The molecular formula is C12H19NO. The van der Waals surface area contributed by atoms with Crippen LogP contribution in [0.25, 0.3) is 0 Å². The topological polar surface area (TPSA) is 21.6 Å². The molecule has 0 N–H and O–H groups in total. The molecule has 78 valence electrons. The van der Waals surface area contributed by atoms with Crippen LogP contribution in [0.5, 0.6) is 0 Å². The van der Waals surface area contributed by atoms with Crippen molar-refractivity contribution < 1.29 is 4.84 Å². The van der Waals surface area contributed by atoms with Gasteiger partial charge in [0.1, 0.15) is 7.11 Å². The standard InChI is InChI=1S/C10H13NO.C2H6/c1-8-4-6-10(7-5-8)9(2)11-12-3;1-2/h4-7H,1-3H3;1-2H3/b11-9-;. The molecule has 14 heavy (non-hydrogen) atoms. The first-order valence-corrected chi connectivity index (χ1v) is 4.89. The number of hydrogen-bond acceptors (Lipinski definition) is 2. The van der Waals surface area contributed by atoms with Crippen LogP contribution >= 0.6 is 0 Å². The Morgan fingerprint density at radius 1 is 1.14 bits per heavy atom. The Hall–Kier alpha value is -1.31. The Morgan fingerprint density at radius 2 is 1.64 bits per heavy atom. The first-order chi connectivity index (χ1) is 6.74. The van der Waals surface area contributed by atoms with Crippen molar-refractivity contribution >= 4 is 5.71 Å². The van der Waals surface area contributed by atoms with Gasteiger partial charge >= 0.3 is 0 Å².